The molecule has 29 heavy (non-hydrogen) atoms. The van der Waals surface area contributed by atoms with Gasteiger partial charge in [-0.05, 0) is 54.8 Å². The number of nitrogens with zero attached hydrogens (tertiary/aromatic N) is 2. The molecule has 0 aliphatic rings. The van der Waals surface area contributed by atoms with Crippen molar-refractivity contribution in [2.75, 3.05) is 5.32 Å². The van der Waals surface area contributed by atoms with Crippen molar-refractivity contribution in [2.45, 2.75) is 32.2 Å². The van der Waals surface area contributed by atoms with Crippen molar-refractivity contribution in [1.82, 2.24) is 15.3 Å². The average Bonchev–Trinajstić information content (AvgIpc) is 2.76. The first kappa shape index (κ1) is 20.2. The van der Waals surface area contributed by atoms with Gasteiger partial charge in [-0.3, -0.25) is 19.6 Å². The molecule has 0 saturated heterocycles. The molecular weight excluding hydrogens is 364 g/mol. The van der Waals surface area contributed by atoms with E-state index >= 15 is 0 Å². The molecule has 6 heteroatoms. The second kappa shape index (κ2) is 10.7. The fourth-order valence-corrected chi connectivity index (χ4v) is 2.85. The summed E-state index contributed by atoms with van der Waals surface area (Å²) in [6, 6.07) is 18.8. The normalized spacial score (nSPS) is 10.3. The van der Waals surface area contributed by atoms with Crippen molar-refractivity contribution < 1.29 is 9.59 Å². The van der Waals surface area contributed by atoms with Crippen LogP contribution >= 0.6 is 0 Å². The molecule has 0 saturated carbocycles. The van der Waals surface area contributed by atoms with E-state index in [9.17, 15) is 9.59 Å². The first-order valence-corrected chi connectivity index (χ1v) is 9.64. The maximum Gasteiger partial charge on any atom is 0.224 e. The Morgan fingerprint density at radius 2 is 1.41 bits per heavy atom. The van der Waals surface area contributed by atoms with Gasteiger partial charge in [0.05, 0.1) is 0 Å². The van der Waals surface area contributed by atoms with Crippen molar-refractivity contribution in [2.24, 2.45) is 0 Å². The zero-order valence-corrected chi connectivity index (χ0v) is 16.2. The molecule has 0 aliphatic heterocycles. The number of benzene rings is 1. The number of aromatic nitrogens is 2. The number of hydrogen-bond donors (Lipinski definition) is 2. The second-order valence-electron chi connectivity index (χ2n) is 6.67. The Bertz CT molecular complexity index is 930. The number of anilines is 1. The van der Waals surface area contributed by atoms with Crippen LogP contribution in [0.15, 0.2) is 73.1 Å². The van der Waals surface area contributed by atoms with Gasteiger partial charge in [0, 0.05) is 48.9 Å². The van der Waals surface area contributed by atoms with E-state index in [4.69, 9.17) is 0 Å². The molecule has 2 amide bonds. The third-order valence-corrected chi connectivity index (χ3v) is 4.37. The van der Waals surface area contributed by atoms with E-state index in [2.05, 4.69) is 20.6 Å². The van der Waals surface area contributed by atoms with Gasteiger partial charge in [-0.2, -0.15) is 0 Å². The molecule has 0 atom stereocenters. The van der Waals surface area contributed by atoms with Crippen molar-refractivity contribution in [3.8, 4) is 0 Å². The molecule has 0 fully saturated rings. The Labute approximate surface area is 170 Å². The molecule has 3 rings (SSSR count). The molecule has 2 heterocycles. The molecule has 0 unspecified atom stereocenters. The summed E-state index contributed by atoms with van der Waals surface area (Å²) in [5, 5.41) is 5.81. The van der Waals surface area contributed by atoms with E-state index in [-0.39, 0.29) is 11.8 Å². The zero-order chi connectivity index (χ0) is 20.3. The number of carbonyl (C=O) groups excluding carboxylic acids is 2. The quantitative estimate of drug-likeness (QED) is 0.589. The molecule has 3 aromatic rings. The van der Waals surface area contributed by atoms with Crippen LogP contribution in [0.3, 0.4) is 0 Å². The van der Waals surface area contributed by atoms with Crippen molar-refractivity contribution in [1.29, 1.82) is 0 Å². The molecule has 0 aliphatic carbocycles. The predicted molar refractivity (Wildman–Crippen MR) is 112 cm³/mol. The van der Waals surface area contributed by atoms with Crippen LogP contribution in [0, 0.1) is 0 Å². The van der Waals surface area contributed by atoms with Crippen LogP contribution in [0.1, 0.15) is 29.8 Å². The maximum atomic E-state index is 12.2. The summed E-state index contributed by atoms with van der Waals surface area (Å²) in [4.78, 5) is 32.7. The average molecular weight is 388 g/mol. The predicted octanol–water partition coefficient (Wildman–Crippen LogP) is 3.30. The lowest BCUT2D eigenvalue weighted by molar-refractivity contribution is -0.121. The van der Waals surface area contributed by atoms with E-state index in [0.717, 1.165) is 22.6 Å². The third-order valence-electron chi connectivity index (χ3n) is 4.37. The number of pyridine rings is 2. The molecule has 1 aromatic carbocycles. The van der Waals surface area contributed by atoms with Crippen LogP contribution in [-0.2, 0) is 29.0 Å². The van der Waals surface area contributed by atoms with E-state index < -0.39 is 0 Å². The van der Waals surface area contributed by atoms with Crippen LogP contribution in [0.5, 0.6) is 0 Å². The molecular formula is C23H24N4O2. The first-order valence-electron chi connectivity index (χ1n) is 9.64. The Balaban J connectivity index is 1.42. The SMILES string of the molecule is O=C(CCc1ccccn1)NCc1cccc(NC(=O)CCc2ccccn2)c1. The summed E-state index contributed by atoms with van der Waals surface area (Å²) in [5.74, 6) is -0.0901. The second-order valence-corrected chi connectivity index (χ2v) is 6.67. The molecule has 0 bridgehead atoms. The van der Waals surface area contributed by atoms with Crippen LogP contribution < -0.4 is 10.6 Å². The van der Waals surface area contributed by atoms with Crippen molar-refractivity contribution in [3.63, 3.8) is 0 Å². The Morgan fingerprint density at radius 1 is 0.759 bits per heavy atom. The molecule has 148 valence electrons. The Hall–Kier alpha value is -3.54. The van der Waals surface area contributed by atoms with Gasteiger partial charge in [0.2, 0.25) is 11.8 Å². The van der Waals surface area contributed by atoms with Gasteiger partial charge < -0.3 is 10.6 Å². The van der Waals surface area contributed by atoms with Gasteiger partial charge in [-0.15, -0.1) is 0 Å². The van der Waals surface area contributed by atoms with Crippen molar-refractivity contribution in [3.05, 3.63) is 90.0 Å². The highest BCUT2D eigenvalue weighted by atomic mass is 16.2. The molecule has 2 N–H and O–H groups in total. The lowest BCUT2D eigenvalue weighted by atomic mass is 10.1. The number of nitrogens with one attached hydrogen (secondary N) is 2. The largest absolute Gasteiger partial charge is 0.352 e. The standard InChI is InChI=1S/C23H24N4O2/c28-22(12-10-19-7-1-3-14-24-19)26-17-18-6-5-9-21(16-18)27-23(29)13-11-20-8-2-4-15-25-20/h1-9,14-16H,10-13,17H2,(H,26,28)(H,27,29). The van der Waals surface area contributed by atoms with Gasteiger partial charge in [0.15, 0.2) is 0 Å². The lowest BCUT2D eigenvalue weighted by Gasteiger charge is -2.09. The minimum absolute atomic E-state index is 0.0274. The summed E-state index contributed by atoms with van der Waals surface area (Å²) < 4.78 is 0. The lowest BCUT2D eigenvalue weighted by Crippen LogP contribution is -2.23. The fourth-order valence-electron chi connectivity index (χ4n) is 2.85. The fraction of sp³-hybridized carbons (Fsp3) is 0.217. The van der Waals surface area contributed by atoms with E-state index in [1.165, 1.54) is 0 Å². The summed E-state index contributed by atoms with van der Waals surface area (Å²) in [6.45, 7) is 0.415. The van der Waals surface area contributed by atoms with Gasteiger partial charge >= 0.3 is 0 Å². The van der Waals surface area contributed by atoms with Gasteiger partial charge in [-0.25, -0.2) is 0 Å². The number of aryl methyl sites for hydroxylation is 2. The van der Waals surface area contributed by atoms with E-state index in [1.807, 2.05) is 60.7 Å². The number of hydrogen-bond acceptors (Lipinski definition) is 4. The summed E-state index contributed by atoms with van der Waals surface area (Å²) in [5.41, 5.74) is 3.44. The summed E-state index contributed by atoms with van der Waals surface area (Å²) in [7, 11) is 0. The highest BCUT2D eigenvalue weighted by Crippen LogP contribution is 2.12. The monoisotopic (exact) mass is 388 g/mol. The van der Waals surface area contributed by atoms with Gasteiger partial charge in [0.1, 0.15) is 0 Å². The highest BCUT2D eigenvalue weighted by molar-refractivity contribution is 5.90. The molecule has 0 radical (unpaired) electrons. The van der Waals surface area contributed by atoms with E-state index in [1.54, 1.807) is 12.4 Å². The van der Waals surface area contributed by atoms with Crippen molar-refractivity contribution >= 4 is 17.5 Å². The summed E-state index contributed by atoms with van der Waals surface area (Å²) in [6.07, 6.45) is 5.41. The number of rotatable bonds is 9. The van der Waals surface area contributed by atoms with Gasteiger partial charge in [0.25, 0.3) is 0 Å². The van der Waals surface area contributed by atoms with E-state index in [0.29, 0.717) is 32.2 Å². The Morgan fingerprint density at radius 3 is 2.03 bits per heavy atom. The smallest absolute Gasteiger partial charge is 0.224 e. The van der Waals surface area contributed by atoms with Gasteiger partial charge in [-0.1, -0.05) is 24.3 Å². The van der Waals surface area contributed by atoms with Crippen LogP contribution in [0.4, 0.5) is 5.69 Å². The zero-order valence-electron chi connectivity index (χ0n) is 16.2. The topological polar surface area (TPSA) is 84.0 Å². The third kappa shape index (κ3) is 7.18. The molecule has 0 spiro atoms. The Kier molecular flexibility index (Phi) is 7.46. The summed E-state index contributed by atoms with van der Waals surface area (Å²) >= 11 is 0. The van der Waals surface area contributed by atoms with Crippen LogP contribution in [-0.4, -0.2) is 21.8 Å². The number of amides is 2. The maximum absolute atomic E-state index is 12.2. The molecule has 6 nitrogen and oxygen atoms in total. The minimum atomic E-state index is -0.0628. The van der Waals surface area contributed by atoms with Crippen LogP contribution in [0.25, 0.3) is 0 Å². The number of carbonyl (C=O) groups is 2. The van der Waals surface area contributed by atoms with Crippen LogP contribution in [0.2, 0.25) is 0 Å². The first-order chi connectivity index (χ1) is 14.2. The highest BCUT2D eigenvalue weighted by Gasteiger charge is 2.06. The molecule has 2 aromatic heterocycles. The minimum Gasteiger partial charge on any atom is -0.352 e.